The summed E-state index contributed by atoms with van der Waals surface area (Å²) >= 11 is 1.81. The fourth-order valence-electron chi connectivity index (χ4n) is 2.40. The summed E-state index contributed by atoms with van der Waals surface area (Å²) in [6, 6.07) is 10.9. The largest absolute Gasteiger partial charge is 0.378 e. The minimum atomic E-state index is 1.07. The van der Waals surface area contributed by atoms with Crippen LogP contribution in [0.2, 0.25) is 0 Å². The van der Waals surface area contributed by atoms with E-state index in [1.54, 1.807) is 0 Å². The quantitative estimate of drug-likeness (QED) is 0.508. The van der Waals surface area contributed by atoms with Gasteiger partial charge in [-0.05, 0) is 30.7 Å². The Labute approximate surface area is 129 Å². The molecule has 3 rings (SSSR count). The van der Waals surface area contributed by atoms with Gasteiger partial charge in [0.1, 0.15) is 14.1 Å². The van der Waals surface area contributed by atoms with Crippen LogP contribution in [0.1, 0.15) is 5.56 Å². The van der Waals surface area contributed by atoms with E-state index < -0.39 is 0 Å². The summed E-state index contributed by atoms with van der Waals surface area (Å²) in [7, 11) is 8.27. The highest BCUT2D eigenvalue weighted by Crippen LogP contribution is 2.33. The van der Waals surface area contributed by atoms with Crippen molar-refractivity contribution in [3.63, 3.8) is 0 Å². The number of aryl methyl sites for hydroxylation is 1. The van der Waals surface area contributed by atoms with Crippen LogP contribution in [0.5, 0.6) is 0 Å². The van der Waals surface area contributed by atoms with E-state index in [4.69, 9.17) is 4.98 Å². The molecule has 0 bridgehead atoms. The molecule has 0 amide bonds. The van der Waals surface area contributed by atoms with E-state index in [9.17, 15) is 0 Å². The molecule has 0 aromatic heterocycles. The molecule has 2 aliphatic rings. The van der Waals surface area contributed by atoms with E-state index in [0.29, 0.717) is 0 Å². The van der Waals surface area contributed by atoms with Crippen molar-refractivity contribution in [3.8, 4) is 10.6 Å². The lowest BCUT2D eigenvalue weighted by Gasteiger charge is -2.14. The first-order valence-corrected chi connectivity index (χ1v) is 7.80. The van der Waals surface area contributed by atoms with Crippen molar-refractivity contribution in [1.82, 2.24) is 9.56 Å². The van der Waals surface area contributed by atoms with Crippen LogP contribution in [0.4, 0.5) is 5.69 Å². The number of anilines is 1. The normalized spacial score (nSPS) is 11.1. The third-order valence-electron chi connectivity index (χ3n) is 3.68. The number of fused-ring (bicyclic) bond motifs is 2. The highest BCUT2D eigenvalue weighted by Gasteiger charge is 2.12. The molecule has 108 valence electrons. The fourth-order valence-corrected chi connectivity index (χ4v) is 3.52. The molecule has 1 aromatic carbocycles. The molecule has 0 saturated heterocycles. The summed E-state index contributed by atoms with van der Waals surface area (Å²) in [5.74, 6) is 0. The summed E-state index contributed by atoms with van der Waals surface area (Å²) < 4.78 is 3.36. The molecule has 0 saturated carbocycles. The molecule has 4 heteroatoms. The number of hydrogen-bond acceptors (Lipinski definition) is 3. The number of hydrogen-bond donors (Lipinski definition) is 0. The van der Waals surface area contributed by atoms with Crippen LogP contribution in [0.15, 0.2) is 30.3 Å². The van der Waals surface area contributed by atoms with E-state index in [1.165, 1.54) is 26.2 Å². The van der Waals surface area contributed by atoms with Crippen molar-refractivity contribution in [2.24, 2.45) is 0 Å². The van der Waals surface area contributed by atoms with Crippen LogP contribution < -0.4 is 14.8 Å². The molecular formula is C17H20N3S+. The smallest absolute Gasteiger partial charge is 0.201 e. The Morgan fingerprint density at radius 2 is 1.86 bits per heavy atom. The lowest BCUT2D eigenvalue weighted by Crippen LogP contribution is -2.22. The van der Waals surface area contributed by atoms with Gasteiger partial charge >= 0.3 is 0 Å². The molecule has 0 atom stereocenters. The highest BCUT2D eigenvalue weighted by atomic mass is 32.1. The second kappa shape index (κ2) is 5.11. The van der Waals surface area contributed by atoms with Gasteiger partial charge in [-0.3, -0.25) is 0 Å². The Kier molecular flexibility index (Phi) is 3.41. The molecule has 0 N–H and O–H groups in total. The van der Waals surface area contributed by atoms with Gasteiger partial charge in [0.15, 0.2) is 0 Å². The van der Waals surface area contributed by atoms with Crippen molar-refractivity contribution in [2.75, 3.05) is 33.1 Å². The zero-order valence-corrected chi connectivity index (χ0v) is 14.0. The van der Waals surface area contributed by atoms with Crippen LogP contribution in [-0.2, 0) is 0 Å². The first-order valence-electron chi connectivity index (χ1n) is 6.98. The predicted molar refractivity (Wildman–Crippen MR) is 92.4 cm³/mol. The lowest BCUT2D eigenvalue weighted by atomic mass is 10.1. The highest BCUT2D eigenvalue weighted by molar-refractivity contribution is 7.21. The monoisotopic (exact) mass is 298 g/mol. The molecular weight excluding hydrogens is 278 g/mol. The molecule has 21 heavy (non-hydrogen) atoms. The van der Waals surface area contributed by atoms with E-state index in [-0.39, 0.29) is 0 Å². The van der Waals surface area contributed by atoms with E-state index >= 15 is 0 Å². The SMILES string of the molecule is Cc1cc(=[N+](C)C)cc2sc3cc(N(C)C)ccc3nc1-2. The average molecular weight is 298 g/mol. The summed E-state index contributed by atoms with van der Waals surface area (Å²) in [5, 5.41) is 1.22. The van der Waals surface area contributed by atoms with Gasteiger partial charge in [-0.25, -0.2) is 9.56 Å². The van der Waals surface area contributed by atoms with Crippen molar-refractivity contribution in [2.45, 2.75) is 6.92 Å². The van der Waals surface area contributed by atoms with Gasteiger partial charge in [-0.1, -0.05) is 0 Å². The summed E-state index contributed by atoms with van der Waals surface area (Å²) in [6.07, 6.45) is 0. The Morgan fingerprint density at radius 1 is 1.10 bits per heavy atom. The van der Waals surface area contributed by atoms with Crippen LogP contribution >= 0.6 is 11.3 Å². The minimum Gasteiger partial charge on any atom is -0.378 e. The lowest BCUT2D eigenvalue weighted by molar-refractivity contribution is 0.812. The molecule has 1 heterocycles. The predicted octanol–water partition coefficient (Wildman–Crippen LogP) is 2.81. The van der Waals surface area contributed by atoms with Crippen LogP contribution in [0.25, 0.3) is 20.8 Å². The zero-order valence-electron chi connectivity index (χ0n) is 13.1. The molecule has 3 nitrogen and oxygen atoms in total. The summed E-state index contributed by atoms with van der Waals surface area (Å²) in [4.78, 5) is 8.21. The first kappa shape index (κ1) is 14.0. The molecule has 0 fully saturated rings. The van der Waals surface area contributed by atoms with E-state index in [2.05, 4.69) is 74.9 Å². The molecule has 1 aliphatic heterocycles. The minimum absolute atomic E-state index is 1.07. The molecule has 1 aliphatic carbocycles. The summed E-state index contributed by atoms with van der Waals surface area (Å²) in [6.45, 7) is 2.13. The molecule has 0 radical (unpaired) electrons. The Hall–Kier alpha value is -1.94. The van der Waals surface area contributed by atoms with Crippen LogP contribution in [-0.4, -0.2) is 33.2 Å². The Bertz CT molecular complexity index is 858. The topological polar surface area (TPSA) is 19.1 Å². The van der Waals surface area contributed by atoms with Gasteiger partial charge < -0.3 is 4.90 Å². The van der Waals surface area contributed by atoms with Gasteiger partial charge in [-0.15, -0.1) is 11.3 Å². The Balaban J connectivity index is 2.37. The van der Waals surface area contributed by atoms with Gasteiger partial charge in [0, 0.05) is 31.9 Å². The number of aromatic nitrogens is 1. The molecule has 1 aromatic rings. The van der Waals surface area contributed by atoms with E-state index in [1.807, 2.05) is 11.3 Å². The first-order chi connectivity index (χ1) is 9.95. The van der Waals surface area contributed by atoms with Crippen molar-refractivity contribution < 1.29 is 0 Å². The maximum absolute atomic E-state index is 4.85. The van der Waals surface area contributed by atoms with Gasteiger partial charge in [-0.2, -0.15) is 0 Å². The van der Waals surface area contributed by atoms with Crippen molar-refractivity contribution in [3.05, 3.63) is 41.3 Å². The third-order valence-corrected chi connectivity index (χ3v) is 4.76. The van der Waals surface area contributed by atoms with Gasteiger partial charge in [0.05, 0.1) is 20.8 Å². The maximum atomic E-state index is 4.85. The second-order valence-corrected chi connectivity index (χ2v) is 6.85. The fraction of sp³-hybridized carbons (Fsp3) is 0.294. The Morgan fingerprint density at radius 3 is 2.52 bits per heavy atom. The number of benzene rings is 2. The number of nitrogens with zero attached hydrogens (tertiary/aromatic N) is 3. The van der Waals surface area contributed by atoms with Gasteiger partial charge in [0.25, 0.3) is 0 Å². The van der Waals surface area contributed by atoms with Crippen molar-refractivity contribution >= 4 is 27.2 Å². The van der Waals surface area contributed by atoms with Crippen LogP contribution in [0, 0.1) is 6.92 Å². The molecule has 0 spiro atoms. The van der Waals surface area contributed by atoms with Crippen LogP contribution in [0.3, 0.4) is 0 Å². The number of rotatable bonds is 1. The van der Waals surface area contributed by atoms with Gasteiger partial charge in [0.2, 0.25) is 5.36 Å². The third kappa shape index (κ3) is 2.51. The summed E-state index contributed by atoms with van der Waals surface area (Å²) in [5.41, 5.74) is 4.61. The molecule has 0 unspecified atom stereocenters. The van der Waals surface area contributed by atoms with E-state index in [0.717, 1.165) is 11.2 Å². The second-order valence-electron chi connectivity index (χ2n) is 5.76. The maximum Gasteiger partial charge on any atom is 0.201 e. The zero-order chi connectivity index (χ0) is 15.1. The standard InChI is InChI=1S/C17H20N3S/c1-11-8-13(20(4)5)10-16-17(11)18-14-7-6-12(19(2)3)9-15(14)21-16/h6-10H,1-5H3/q+1. The average Bonchev–Trinajstić information content (AvgIpc) is 2.44. The van der Waals surface area contributed by atoms with Crippen molar-refractivity contribution in [1.29, 1.82) is 0 Å².